The fourth-order valence-electron chi connectivity index (χ4n) is 2.50. The van der Waals surface area contributed by atoms with Gasteiger partial charge < -0.3 is 0 Å². The first-order chi connectivity index (χ1) is 11.4. The molecule has 2 aromatic rings. The van der Waals surface area contributed by atoms with Gasteiger partial charge in [-0.05, 0) is 52.4 Å². The Labute approximate surface area is 157 Å². The van der Waals surface area contributed by atoms with Crippen LogP contribution in [0.15, 0.2) is 53.4 Å². The van der Waals surface area contributed by atoms with E-state index < -0.39 is 20.3 Å². The van der Waals surface area contributed by atoms with E-state index >= 15 is 0 Å². The van der Waals surface area contributed by atoms with Crippen LogP contribution in [0.25, 0.3) is 0 Å². The fourth-order valence-corrected chi connectivity index (χ4v) is 6.09. The number of nitro benzene ring substituents is 1. The maximum Gasteiger partial charge on any atom is 0.269 e. The van der Waals surface area contributed by atoms with Crippen molar-refractivity contribution in [2.75, 3.05) is 12.3 Å². The molecule has 1 aliphatic heterocycles. The van der Waals surface area contributed by atoms with Gasteiger partial charge in [-0.2, -0.15) is 4.31 Å². The maximum absolute atomic E-state index is 12.9. The average Bonchev–Trinajstić information content (AvgIpc) is 3.06. The van der Waals surface area contributed by atoms with Gasteiger partial charge in [0.1, 0.15) is 0 Å². The summed E-state index contributed by atoms with van der Waals surface area (Å²) in [5.41, 5.74) is 0.590. The van der Waals surface area contributed by atoms with Crippen molar-refractivity contribution in [3.8, 4) is 0 Å². The molecule has 0 bridgehead atoms. The summed E-state index contributed by atoms with van der Waals surface area (Å²) in [6.45, 7) is 0.381. The lowest BCUT2D eigenvalue weighted by Gasteiger charge is -2.23. The number of benzene rings is 2. The monoisotopic (exact) mass is 476 g/mol. The quantitative estimate of drug-likeness (QED) is 0.383. The Morgan fingerprint density at radius 1 is 1.21 bits per heavy atom. The van der Waals surface area contributed by atoms with Crippen LogP contribution >= 0.6 is 34.4 Å². The van der Waals surface area contributed by atoms with E-state index in [9.17, 15) is 18.5 Å². The number of rotatable bonds is 4. The molecule has 0 aromatic heterocycles. The molecule has 126 valence electrons. The smallest absolute Gasteiger partial charge is 0.258 e. The molecule has 0 N–H and O–H groups in total. The van der Waals surface area contributed by atoms with Crippen molar-refractivity contribution in [3.63, 3.8) is 0 Å². The second-order valence-corrected chi connectivity index (χ2v) is 9.47. The largest absolute Gasteiger partial charge is 0.269 e. The third kappa shape index (κ3) is 3.44. The summed E-state index contributed by atoms with van der Waals surface area (Å²) in [7, 11) is -3.65. The molecule has 1 atom stereocenters. The van der Waals surface area contributed by atoms with Gasteiger partial charge in [0, 0.05) is 28.0 Å². The van der Waals surface area contributed by atoms with Gasteiger partial charge in [0.15, 0.2) is 0 Å². The first-order valence-electron chi connectivity index (χ1n) is 7.03. The number of thioether (sulfide) groups is 1. The highest BCUT2D eigenvalue weighted by Crippen LogP contribution is 2.42. The van der Waals surface area contributed by atoms with Crippen LogP contribution in [0.4, 0.5) is 5.69 Å². The summed E-state index contributed by atoms with van der Waals surface area (Å²) < 4.78 is 28.2. The molecule has 1 fully saturated rings. The van der Waals surface area contributed by atoms with Crippen molar-refractivity contribution in [1.82, 2.24) is 4.31 Å². The summed E-state index contributed by atoms with van der Waals surface area (Å²) in [4.78, 5) is 10.7. The van der Waals surface area contributed by atoms with Gasteiger partial charge in [0.25, 0.3) is 5.69 Å². The summed E-state index contributed by atoms with van der Waals surface area (Å²) in [6, 6.07) is 12.8. The zero-order chi connectivity index (χ0) is 17.3. The van der Waals surface area contributed by atoms with E-state index in [2.05, 4.69) is 22.6 Å². The maximum atomic E-state index is 12.9. The van der Waals surface area contributed by atoms with E-state index in [1.807, 2.05) is 0 Å². The van der Waals surface area contributed by atoms with Gasteiger partial charge >= 0.3 is 0 Å². The molecule has 3 rings (SSSR count). The van der Waals surface area contributed by atoms with Crippen LogP contribution in [0.2, 0.25) is 0 Å². The van der Waals surface area contributed by atoms with Gasteiger partial charge in [0.2, 0.25) is 10.0 Å². The molecule has 2 aromatic carbocycles. The van der Waals surface area contributed by atoms with E-state index in [0.29, 0.717) is 17.9 Å². The van der Waals surface area contributed by atoms with Crippen molar-refractivity contribution >= 4 is 50.1 Å². The van der Waals surface area contributed by atoms with Crippen molar-refractivity contribution in [3.05, 3.63) is 67.8 Å². The Balaban J connectivity index is 1.97. The summed E-state index contributed by atoms with van der Waals surface area (Å²) in [5.74, 6) is 0.650. The molecule has 1 unspecified atom stereocenters. The molecule has 0 amide bonds. The first kappa shape index (κ1) is 17.6. The lowest BCUT2D eigenvalue weighted by atomic mass is 10.2. The van der Waals surface area contributed by atoms with E-state index in [4.69, 9.17) is 0 Å². The minimum Gasteiger partial charge on any atom is -0.258 e. The third-order valence-corrected chi connectivity index (χ3v) is 7.63. The lowest BCUT2D eigenvalue weighted by Crippen LogP contribution is -2.30. The lowest BCUT2D eigenvalue weighted by molar-refractivity contribution is -0.384. The number of halogens is 1. The van der Waals surface area contributed by atoms with Crippen molar-refractivity contribution < 1.29 is 13.3 Å². The SMILES string of the molecule is O=[N+]([O-])c1cccc(C2SCCN2S(=O)(=O)c2ccc(I)cc2)c1. The Morgan fingerprint density at radius 2 is 1.92 bits per heavy atom. The highest BCUT2D eigenvalue weighted by Gasteiger charge is 2.37. The average molecular weight is 476 g/mol. The highest BCUT2D eigenvalue weighted by molar-refractivity contribution is 14.1. The van der Waals surface area contributed by atoms with Gasteiger partial charge in [0.05, 0.1) is 15.2 Å². The molecule has 1 heterocycles. The van der Waals surface area contributed by atoms with Crippen LogP contribution in [0.3, 0.4) is 0 Å². The minimum absolute atomic E-state index is 0.0355. The Morgan fingerprint density at radius 3 is 2.58 bits per heavy atom. The summed E-state index contributed by atoms with van der Waals surface area (Å²) in [5, 5.41) is 10.5. The number of non-ortho nitro benzene ring substituents is 1. The van der Waals surface area contributed by atoms with Crippen LogP contribution in [-0.2, 0) is 10.0 Å². The van der Waals surface area contributed by atoms with E-state index in [0.717, 1.165) is 3.57 Å². The van der Waals surface area contributed by atoms with Crippen LogP contribution in [0.1, 0.15) is 10.9 Å². The predicted octanol–water partition coefficient (Wildman–Crippen LogP) is 3.64. The number of hydrogen-bond donors (Lipinski definition) is 0. The van der Waals surface area contributed by atoms with Crippen molar-refractivity contribution in [2.24, 2.45) is 0 Å². The molecule has 0 saturated carbocycles. The second kappa shape index (κ2) is 6.98. The van der Waals surface area contributed by atoms with Crippen molar-refractivity contribution in [2.45, 2.75) is 10.3 Å². The Bertz CT molecular complexity index is 871. The first-order valence-corrected chi connectivity index (χ1v) is 10.6. The number of nitro groups is 1. The molecule has 0 spiro atoms. The highest BCUT2D eigenvalue weighted by atomic mass is 127. The number of hydrogen-bond acceptors (Lipinski definition) is 5. The molecule has 0 radical (unpaired) electrons. The predicted molar refractivity (Wildman–Crippen MR) is 101 cm³/mol. The zero-order valence-corrected chi connectivity index (χ0v) is 16.1. The number of sulfonamides is 1. The molecule has 24 heavy (non-hydrogen) atoms. The van der Waals surface area contributed by atoms with E-state index in [-0.39, 0.29) is 10.6 Å². The molecule has 9 heteroatoms. The fraction of sp³-hybridized carbons (Fsp3) is 0.200. The van der Waals surface area contributed by atoms with Crippen LogP contribution in [-0.4, -0.2) is 29.9 Å². The second-order valence-electron chi connectivity index (χ2n) is 5.14. The Kier molecular flexibility index (Phi) is 5.13. The number of nitrogens with zero attached hydrogens (tertiary/aromatic N) is 2. The minimum atomic E-state index is -3.65. The van der Waals surface area contributed by atoms with Crippen LogP contribution < -0.4 is 0 Å². The molecular weight excluding hydrogens is 463 g/mol. The zero-order valence-electron chi connectivity index (χ0n) is 12.3. The van der Waals surface area contributed by atoms with Crippen LogP contribution in [0.5, 0.6) is 0 Å². The van der Waals surface area contributed by atoms with Gasteiger partial charge in [-0.15, -0.1) is 11.8 Å². The van der Waals surface area contributed by atoms with E-state index in [1.54, 1.807) is 36.4 Å². The van der Waals surface area contributed by atoms with Crippen LogP contribution in [0, 0.1) is 13.7 Å². The van der Waals surface area contributed by atoms with Gasteiger partial charge in [-0.1, -0.05) is 12.1 Å². The standard InChI is InChI=1S/C15H13IN2O4S2/c16-12-4-6-14(7-5-12)24(21,22)17-8-9-23-15(17)11-2-1-3-13(10-11)18(19)20/h1-7,10,15H,8-9H2. The third-order valence-electron chi connectivity index (χ3n) is 3.64. The van der Waals surface area contributed by atoms with E-state index in [1.165, 1.54) is 28.2 Å². The summed E-state index contributed by atoms with van der Waals surface area (Å²) >= 11 is 3.59. The topological polar surface area (TPSA) is 80.5 Å². The molecule has 6 nitrogen and oxygen atoms in total. The molecule has 1 aliphatic rings. The van der Waals surface area contributed by atoms with Gasteiger partial charge in [-0.3, -0.25) is 10.1 Å². The molecular formula is C15H13IN2O4S2. The summed E-state index contributed by atoms with van der Waals surface area (Å²) in [6.07, 6.45) is 0. The van der Waals surface area contributed by atoms with Gasteiger partial charge in [-0.25, -0.2) is 8.42 Å². The molecule has 0 aliphatic carbocycles. The van der Waals surface area contributed by atoms with Crippen molar-refractivity contribution in [1.29, 1.82) is 0 Å². The molecule has 1 saturated heterocycles. The normalized spacial score (nSPS) is 18.6. The Hall–Kier alpha value is -1.17.